The van der Waals surface area contributed by atoms with Crippen LogP contribution in [0.3, 0.4) is 0 Å². The highest BCUT2D eigenvalue weighted by atomic mass is 16.5. The minimum Gasteiger partial charge on any atom is -0.493 e. The van der Waals surface area contributed by atoms with Gasteiger partial charge < -0.3 is 18.8 Å². The topological polar surface area (TPSA) is 45.5 Å². The molecule has 154 valence electrons. The summed E-state index contributed by atoms with van der Waals surface area (Å²) in [6.45, 7) is 3.87. The smallest absolute Gasteiger partial charge is 0.161 e. The third-order valence-corrected chi connectivity index (χ3v) is 4.98. The summed E-state index contributed by atoms with van der Waals surface area (Å²) >= 11 is 0. The lowest BCUT2D eigenvalue weighted by Crippen LogP contribution is -2.10. The number of nitrogens with zero attached hydrogens (tertiary/aromatic N) is 2. The van der Waals surface area contributed by atoms with Crippen LogP contribution in [0.25, 0.3) is 11.0 Å². The van der Waals surface area contributed by atoms with Gasteiger partial charge in [0.15, 0.2) is 11.5 Å². The molecule has 1 aromatic heterocycles. The monoisotopic (exact) mass is 402 g/mol. The predicted octanol–water partition coefficient (Wildman–Crippen LogP) is 5.40. The van der Waals surface area contributed by atoms with Crippen molar-refractivity contribution in [1.82, 2.24) is 9.55 Å². The number of benzene rings is 3. The van der Waals surface area contributed by atoms with Crippen LogP contribution in [0.5, 0.6) is 17.2 Å². The van der Waals surface area contributed by atoms with Crippen molar-refractivity contribution in [2.24, 2.45) is 0 Å². The molecule has 0 fully saturated rings. The summed E-state index contributed by atoms with van der Waals surface area (Å²) in [7, 11) is 1.65. The molecule has 1 heterocycles. The SMILES string of the molecule is COc1ccccc1OCCCn1c(COc2ccc(C)cc2)nc2ccccc21. The van der Waals surface area contributed by atoms with E-state index in [-0.39, 0.29) is 0 Å². The fourth-order valence-corrected chi connectivity index (χ4v) is 3.41. The van der Waals surface area contributed by atoms with Crippen LogP contribution in [-0.4, -0.2) is 23.3 Å². The summed E-state index contributed by atoms with van der Waals surface area (Å²) in [5.41, 5.74) is 3.30. The zero-order chi connectivity index (χ0) is 20.8. The molecule has 3 aromatic carbocycles. The van der Waals surface area contributed by atoms with Crippen molar-refractivity contribution in [2.45, 2.75) is 26.5 Å². The van der Waals surface area contributed by atoms with Gasteiger partial charge in [0.2, 0.25) is 0 Å². The van der Waals surface area contributed by atoms with E-state index in [4.69, 9.17) is 19.2 Å². The highest BCUT2D eigenvalue weighted by Gasteiger charge is 2.11. The highest BCUT2D eigenvalue weighted by Crippen LogP contribution is 2.26. The third-order valence-electron chi connectivity index (χ3n) is 4.98. The van der Waals surface area contributed by atoms with Crippen LogP contribution in [0.15, 0.2) is 72.8 Å². The largest absolute Gasteiger partial charge is 0.493 e. The second kappa shape index (κ2) is 9.35. The van der Waals surface area contributed by atoms with Gasteiger partial charge in [0.05, 0.1) is 24.8 Å². The van der Waals surface area contributed by atoms with Gasteiger partial charge in [-0.1, -0.05) is 42.0 Å². The summed E-state index contributed by atoms with van der Waals surface area (Å²) < 4.78 is 19.5. The van der Waals surface area contributed by atoms with E-state index in [1.807, 2.05) is 66.7 Å². The molecule has 0 N–H and O–H groups in total. The van der Waals surface area contributed by atoms with Gasteiger partial charge in [-0.3, -0.25) is 0 Å². The van der Waals surface area contributed by atoms with Crippen molar-refractivity contribution in [2.75, 3.05) is 13.7 Å². The Morgan fingerprint density at radius 3 is 2.37 bits per heavy atom. The Kier molecular flexibility index (Phi) is 6.18. The summed E-state index contributed by atoms with van der Waals surface area (Å²) in [6.07, 6.45) is 0.843. The zero-order valence-corrected chi connectivity index (χ0v) is 17.4. The lowest BCUT2D eigenvalue weighted by molar-refractivity contribution is 0.273. The molecule has 0 bridgehead atoms. The average Bonchev–Trinajstić information content (AvgIpc) is 3.14. The molecule has 5 nitrogen and oxygen atoms in total. The van der Waals surface area contributed by atoms with Gasteiger partial charge in [0, 0.05) is 6.54 Å². The Hall–Kier alpha value is -3.47. The molecule has 0 amide bonds. The number of fused-ring (bicyclic) bond motifs is 1. The number of rotatable bonds is 9. The number of ether oxygens (including phenoxy) is 3. The molecule has 0 spiro atoms. The van der Waals surface area contributed by atoms with Crippen molar-refractivity contribution in [3.63, 3.8) is 0 Å². The van der Waals surface area contributed by atoms with Crippen molar-refractivity contribution < 1.29 is 14.2 Å². The van der Waals surface area contributed by atoms with Gasteiger partial charge in [-0.05, 0) is 49.7 Å². The average molecular weight is 402 g/mol. The first-order valence-corrected chi connectivity index (χ1v) is 10.1. The van der Waals surface area contributed by atoms with E-state index in [0.717, 1.165) is 47.1 Å². The van der Waals surface area contributed by atoms with Crippen LogP contribution in [-0.2, 0) is 13.2 Å². The van der Waals surface area contributed by atoms with E-state index < -0.39 is 0 Å². The number of imidazole rings is 1. The van der Waals surface area contributed by atoms with Crippen LogP contribution in [0, 0.1) is 6.92 Å². The minimum absolute atomic E-state index is 0.422. The van der Waals surface area contributed by atoms with Crippen molar-refractivity contribution in [1.29, 1.82) is 0 Å². The van der Waals surface area contributed by atoms with Crippen molar-refractivity contribution in [3.8, 4) is 17.2 Å². The number of aromatic nitrogens is 2. The quantitative estimate of drug-likeness (QED) is 0.352. The van der Waals surface area contributed by atoms with Gasteiger partial charge in [-0.15, -0.1) is 0 Å². The molecule has 4 rings (SSSR count). The second-order valence-corrected chi connectivity index (χ2v) is 7.12. The number of hydrogen-bond acceptors (Lipinski definition) is 4. The lowest BCUT2D eigenvalue weighted by atomic mass is 10.2. The minimum atomic E-state index is 0.422. The number of aryl methyl sites for hydroxylation is 2. The molecule has 5 heteroatoms. The van der Waals surface area contributed by atoms with Crippen molar-refractivity contribution >= 4 is 11.0 Å². The van der Waals surface area contributed by atoms with E-state index in [0.29, 0.717) is 13.2 Å². The standard InChI is InChI=1S/C25H26N2O3/c1-19-12-14-20(15-13-19)30-18-25-26-21-8-3-4-9-22(21)27(25)16-7-17-29-24-11-6-5-10-23(24)28-2/h3-6,8-15H,7,16-18H2,1-2H3. The first-order chi connectivity index (χ1) is 14.7. The Morgan fingerprint density at radius 1 is 0.833 bits per heavy atom. The van der Waals surface area contributed by atoms with Gasteiger partial charge in [-0.25, -0.2) is 4.98 Å². The second-order valence-electron chi connectivity index (χ2n) is 7.12. The Balaban J connectivity index is 1.44. The maximum Gasteiger partial charge on any atom is 0.161 e. The van der Waals surface area contributed by atoms with Crippen LogP contribution in [0.2, 0.25) is 0 Å². The fourth-order valence-electron chi connectivity index (χ4n) is 3.41. The molecule has 0 aliphatic heterocycles. The number of methoxy groups -OCH3 is 1. The first-order valence-electron chi connectivity index (χ1n) is 10.1. The molecule has 0 aliphatic rings. The molecular formula is C25H26N2O3. The van der Waals surface area contributed by atoms with Gasteiger partial charge >= 0.3 is 0 Å². The van der Waals surface area contributed by atoms with Gasteiger partial charge in [0.25, 0.3) is 0 Å². The summed E-state index contributed by atoms with van der Waals surface area (Å²) in [4.78, 5) is 4.79. The molecule has 30 heavy (non-hydrogen) atoms. The van der Waals surface area contributed by atoms with Gasteiger partial charge in [-0.2, -0.15) is 0 Å². The molecular weight excluding hydrogens is 376 g/mol. The van der Waals surface area contributed by atoms with Crippen LogP contribution < -0.4 is 14.2 Å². The number of hydrogen-bond donors (Lipinski definition) is 0. The third kappa shape index (κ3) is 4.57. The molecule has 0 atom stereocenters. The molecule has 4 aromatic rings. The highest BCUT2D eigenvalue weighted by molar-refractivity contribution is 5.75. The predicted molar refractivity (Wildman–Crippen MR) is 118 cm³/mol. The maximum atomic E-state index is 5.99. The molecule has 0 unspecified atom stereocenters. The van der Waals surface area contributed by atoms with Crippen LogP contribution in [0.1, 0.15) is 17.8 Å². The lowest BCUT2D eigenvalue weighted by Gasteiger charge is -2.13. The Labute approximate surface area is 176 Å². The van der Waals surface area contributed by atoms with E-state index in [2.05, 4.69) is 17.6 Å². The molecule has 0 radical (unpaired) electrons. The van der Waals surface area contributed by atoms with Crippen LogP contribution in [0.4, 0.5) is 0 Å². The number of para-hydroxylation sites is 4. The Morgan fingerprint density at radius 2 is 1.57 bits per heavy atom. The van der Waals surface area contributed by atoms with E-state index in [9.17, 15) is 0 Å². The van der Waals surface area contributed by atoms with Crippen molar-refractivity contribution in [3.05, 3.63) is 84.2 Å². The fraction of sp³-hybridized carbons (Fsp3) is 0.240. The molecule has 0 saturated heterocycles. The maximum absolute atomic E-state index is 5.99. The van der Waals surface area contributed by atoms with E-state index >= 15 is 0 Å². The molecule has 0 aliphatic carbocycles. The van der Waals surface area contributed by atoms with E-state index in [1.54, 1.807) is 7.11 Å². The van der Waals surface area contributed by atoms with Crippen LogP contribution >= 0.6 is 0 Å². The van der Waals surface area contributed by atoms with Gasteiger partial charge in [0.1, 0.15) is 18.2 Å². The van der Waals surface area contributed by atoms with E-state index in [1.165, 1.54) is 5.56 Å². The Bertz CT molecular complexity index is 1100. The summed E-state index contributed by atoms with van der Waals surface area (Å²) in [6, 6.07) is 24.0. The summed E-state index contributed by atoms with van der Waals surface area (Å²) in [5, 5.41) is 0. The zero-order valence-electron chi connectivity index (χ0n) is 17.4. The normalized spacial score (nSPS) is 10.9. The first kappa shape index (κ1) is 19.8. The summed E-state index contributed by atoms with van der Waals surface area (Å²) in [5.74, 6) is 3.27. The molecule has 0 saturated carbocycles.